The molecule has 0 aliphatic heterocycles. The highest BCUT2D eigenvalue weighted by molar-refractivity contribution is 5.91. The van der Waals surface area contributed by atoms with E-state index in [9.17, 15) is 4.79 Å². The second kappa shape index (κ2) is 9.44. The van der Waals surface area contributed by atoms with E-state index in [2.05, 4.69) is 29.2 Å². The van der Waals surface area contributed by atoms with Crippen molar-refractivity contribution in [1.29, 1.82) is 0 Å². The lowest BCUT2D eigenvalue weighted by Gasteiger charge is -2.21. The number of hydrogen-bond donors (Lipinski definition) is 2. The number of nitrogens with zero attached hydrogens (tertiary/aromatic N) is 2. The van der Waals surface area contributed by atoms with E-state index in [1.54, 1.807) is 6.07 Å². The fourth-order valence-electron chi connectivity index (χ4n) is 2.03. The maximum atomic E-state index is 11.5. The van der Waals surface area contributed by atoms with Crippen molar-refractivity contribution >= 4 is 5.91 Å². The first-order valence-corrected chi connectivity index (χ1v) is 7.40. The molecule has 1 amide bonds. The Morgan fingerprint density at radius 2 is 1.90 bits per heavy atom. The molecule has 5 heteroatoms. The first kappa shape index (κ1) is 16.6. The molecule has 20 heavy (non-hydrogen) atoms. The van der Waals surface area contributed by atoms with E-state index in [0.29, 0.717) is 5.69 Å². The summed E-state index contributed by atoms with van der Waals surface area (Å²) in [6.45, 7) is 7.33. The summed E-state index contributed by atoms with van der Waals surface area (Å²) >= 11 is 0. The van der Waals surface area contributed by atoms with Crippen molar-refractivity contribution in [2.24, 2.45) is 5.84 Å². The van der Waals surface area contributed by atoms with Crippen molar-refractivity contribution in [1.82, 2.24) is 15.3 Å². The van der Waals surface area contributed by atoms with Crippen molar-refractivity contribution in [3.63, 3.8) is 0 Å². The van der Waals surface area contributed by atoms with Crippen molar-refractivity contribution in [3.05, 3.63) is 29.6 Å². The van der Waals surface area contributed by atoms with Gasteiger partial charge in [-0.1, -0.05) is 32.8 Å². The van der Waals surface area contributed by atoms with E-state index in [4.69, 9.17) is 5.84 Å². The van der Waals surface area contributed by atoms with E-state index in [1.807, 2.05) is 12.1 Å². The van der Waals surface area contributed by atoms with E-state index in [0.717, 1.165) is 25.3 Å². The van der Waals surface area contributed by atoms with Crippen LogP contribution in [-0.4, -0.2) is 28.9 Å². The van der Waals surface area contributed by atoms with Crippen LogP contribution in [-0.2, 0) is 6.54 Å². The largest absolute Gasteiger partial charge is 0.298 e. The molecular formula is C15H26N4O. The van der Waals surface area contributed by atoms with Crippen LogP contribution >= 0.6 is 0 Å². The molecule has 0 aliphatic carbocycles. The number of rotatable bonds is 9. The molecule has 112 valence electrons. The number of nitrogen functional groups attached to an aromatic ring is 1. The molecule has 1 aromatic heterocycles. The van der Waals surface area contributed by atoms with Crippen LogP contribution in [0.3, 0.4) is 0 Å². The number of hydrogen-bond acceptors (Lipinski definition) is 4. The van der Waals surface area contributed by atoms with Crippen LogP contribution in [0.15, 0.2) is 18.2 Å². The Bertz CT molecular complexity index is 401. The van der Waals surface area contributed by atoms with Crippen molar-refractivity contribution in [2.45, 2.75) is 46.1 Å². The van der Waals surface area contributed by atoms with Crippen LogP contribution < -0.4 is 11.3 Å². The minimum absolute atomic E-state index is 0.347. The fraction of sp³-hybridized carbons (Fsp3) is 0.600. The second-order valence-electron chi connectivity index (χ2n) is 4.97. The number of nitrogens with one attached hydrogen (secondary N) is 1. The summed E-state index contributed by atoms with van der Waals surface area (Å²) in [5.74, 6) is 4.79. The predicted octanol–water partition coefficient (Wildman–Crippen LogP) is 2.09. The highest BCUT2D eigenvalue weighted by Crippen LogP contribution is 2.07. The van der Waals surface area contributed by atoms with Crippen molar-refractivity contribution in [3.8, 4) is 0 Å². The number of carbonyl (C=O) groups is 1. The number of hydrazine groups is 1. The van der Waals surface area contributed by atoms with Crippen LogP contribution in [0.1, 0.15) is 55.7 Å². The third-order valence-corrected chi connectivity index (χ3v) is 3.21. The lowest BCUT2D eigenvalue weighted by atomic mass is 10.2. The molecule has 0 saturated carbocycles. The zero-order valence-electron chi connectivity index (χ0n) is 12.6. The van der Waals surface area contributed by atoms with Gasteiger partial charge in [0.15, 0.2) is 0 Å². The number of unbranched alkanes of at least 4 members (excludes halogenated alkanes) is 2. The van der Waals surface area contributed by atoms with Crippen LogP contribution in [0, 0.1) is 0 Å². The lowest BCUT2D eigenvalue weighted by molar-refractivity contribution is 0.0948. The number of pyridine rings is 1. The molecule has 5 nitrogen and oxygen atoms in total. The quantitative estimate of drug-likeness (QED) is 0.412. The molecule has 3 N–H and O–H groups in total. The summed E-state index contributed by atoms with van der Waals surface area (Å²) in [7, 11) is 0. The summed E-state index contributed by atoms with van der Waals surface area (Å²) in [5.41, 5.74) is 3.40. The number of nitrogens with two attached hydrogens (primary N) is 1. The van der Waals surface area contributed by atoms with E-state index < -0.39 is 0 Å². The van der Waals surface area contributed by atoms with E-state index in [1.165, 1.54) is 25.7 Å². The van der Waals surface area contributed by atoms with Gasteiger partial charge in [0.2, 0.25) is 0 Å². The highest BCUT2D eigenvalue weighted by Gasteiger charge is 2.09. The summed E-state index contributed by atoms with van der Waals surface area (Å²) in [4.78, 5) is 18.3. The SMILES string of the molecule is CCCCN(CCCC)Cc1cccc(C(=O)NN)n1. The first-order chi connectivity index (χ1) is 9.71. The Balaban J connectivity index is 2.68. The first-order valence-electron chi connectivity index (χ1n) is 7.40. The molecule has 1 rings (SSSR count). The Labute approximate surface area is 121 Å². The minimum atomic E-state index is -0.347. The summed E-state index contributed by atoms with van der Waals surface area (Å²) in [6, 6.07) is 5.48. The van der Waals surface area contributed by atoms with Gasteiger partial charge >= 0.3 is 0 Å². The van der Waals surface area contributed by atoms with Gasteiger partial charge in [-0.3, -0.25) is 15.1 Å². The molecule has 0 unspecified atom stereocenters. The Morgan fingerprint density at radius 1 is 1.25 bits per heavy atom. The smallest absolute Gasteiger partial charge is 0.283 e. The molecule has 0 radical (unpaired) electrons. The van der Waals surface area contributed by atoms with E-state index in [-0.39, 0.29) is 5.91 Å². The fourth-order valence-corrected chi connectivity index (χ4v) is 2.03. The van der Waals surface area contributed by atoms with E-state index >= 15 is 0 Å². The zero-order chi connectivity index (χ0) is 14.8. The topological polar surface area (TPSA) is 71.2 Å². The maximum absolute atomic E-state index is 11.5. The van der Waals surface area contributed by atoms with Crippen LogP contribution in [0.5, 0.6) is 0 Å². The Hall–Kier alpha value is -1.46. The molecule has 0 aliphatic rings. The average molecular weight is 278 g/mol. The van der Waals surface area contributed by atoms with Crippen LogP contribution in [0.25, 0.3) is 0 Å². The number of aromatic nitrogens is 1. The third-order valence-electron chi connectivity index (χ3n) is 3.21. The Morgan fingerprint density at radius 3 is 2.45 bits per heavy atom. The van der Waals surface area contributed by atoms with Crippen molar-refractivity contribution < 1.29 is 4.79 Å². The zero-order valence-corrected chi connectivity index (χ0v) is 12.6. The van der Waals surface area contributed by atoms with Crippen LogP contribution in [0.2, 0.25) is 0 Å². The summed E-state index contributed by atoms with van der Waals surface area (Å²) in [5, 5.41) is 0. The van der Waals surface area contributed by atoms with Gasteiger partial charge in [-0.15, -0.1) is 0 Å². The molecule has 0 atom stereocenters. The molecule has 0 aromatic carbocycles. The molecule has 0 fully saturated rings. The summed E-state index contributed by atoms with van der Waals surface area (Å²) < 4.78 is 0. The lowest BCUT2D eigenvalue weighted by Crippen LogP contribution is -2.31. The van der Waals surface area contributed by atoms with Gasteiger partial charge in [0, 0.05) is 6.54 Å². The highest BCUT2D eigenvalue weighted by atomic mass is 16.2. The summed E-state index contributed by atoms with van der Waals surface area (Å²) in [6.07, 6.45) is 4.75. The molecule has 0 bridgehead atoms. The van der Waals surface area contributed by atoms with Gasteiger partial charge in [-0.05, 0) is 38.1 Å². The monoisotopic (exact) mass is 278 g/mol. The molecule has 0 spiro atoms. The van der Waals surface area contributed by atoms with Gasteiger partial charge in [-0.25, -0.2) is 10.8 Å². The predicted molar refractivity (Wildman–Crippen MR) is 81.0 cm³/mol. The van der Waals surface area contributed by atoms with Gasteiger partial charge in [0.1, 0.15) is 5.69 Å². The molecule has 0 saturated heterocycles. The molecular weight excluding hydrogens is 252 g/mol. The number of amides is 1. The third kappa shape index (κ3) is 5.67. The van der Waals surface area contributed by atoms with Crippen LogP contribution in [0.4, 0.5) is 0 Å². The standard InChI is InChI=1S/C15H26N4O/c1-3-5-10-19(11-6-4-2)12-13-8-7-9-14(17-13)15(20)18-16/h7-9H,3-6,10-12,16H2,1-2H3,(H,18,20). The van der Waals surface area contributed by atoms with Gasteiger partial charge in [0.05, 0.1) is 5.69 Å². The second-order valence-corrected chi connectivity index (χ2v) is 4.97. The molecule has 1 aromatic rings. The maximum Gasteiger partial charge on any atom is 0.283 e. The minimum Gasteiger partial charge on any atom is -0.298 e. The number of carbonyl (C=O) groups excluding carboxylic acids is 1. The molecule has 1 heterocycles. The normalized spacial score (nSPS) is 10.8. The van der Waals surface area contributed by atoms with Crippen molar-refractivity contribution in [2.75, 3.05) is 13.1 Å². The van der Waals surface area contributed by atoms with Gasteiger partial charge < -0.3 is 0 Å². The van der Waals surface area contributed by atoms with Gasteiger partial charge in [0.25, 0.3) is 5.91 Å². The van der Waals surface area contributed by atoms with Gasteiger partial charge in [-0.2, -0.15) is 0 Å². The average Bonchev–Trinajstić information content (AvgIpc) is 2.49. The Kier molecular flexibility index (Phi) is 7.84.